The van der Waals surface area contributed by atoms with E-state index in [0.717, 1.165) is 5.56 Å². The molecule has 146 valence electrons. The minimum atomic E-state index is -1.16. The molecule has 2 fully saturated rings. The summed E-state index contributed by atoms with van der Waals surface area (Å²) in [4.78, 5) is 5.72. The summed E-state index contributed by atoms with van der Waals surface area (Å²) in [6, 6.07) is 3.67. The Labute approximate surface area is 155 Å². The molecule has 3 atom stereocenters. The van der Waals surface area contributed by atoms with Crippen molar-refractivity contribution in [2.75, 3.05) is 21.3 Å². The smallest absolute Gasteiger partial charge is 0.203 e. The molecule has 1 saturated heterocycles. The van der Waals surface area contributed by atoms with Crippen molar-refractivity contribution in [3.63, 3.8) is 0 Å². The second-order valence-electron chi connectivity index (χ2n) is 7.47. The summed E-state index contributed by atoms with van der Waals surface area (Å²) in [5, 5.41) is 11.1. The first-order chi connectivity index (χ1) is 12.5. The number of hydrogen-bond acceptors (Lipinski definition) is 6. The molecule has 2 N–H and O–H groups in total. The highest BCUT2D eigenvalue weighted by Gasteiger charge is 2.47. The van der Waals surface area contributed by atoms with Crippen molar-refractivity contribution in [2.45, 2.75) is 57.3 Å². The Morgan fingerprint density at radius 1 is 1.08 bits per heavy atom. The second kappa shape index (κ2) is 8.03. The number of nitrogens with one attached hydrogen (secondary N) is 1. The highest BCUT2D eigenvalue weighted by molar-refractivity contribution is 5.54. The summed E-state index contributed by atoms with van der Waals surface area (Å²) < 4.78 is 16.3. The Morgan fingerprint density at radius 3 is 2.23 bits per heavy atom. The van der Waals surface area contributed by atoms with E-state index in [0.29, 0.717) is 29.6 Å². The summed E-state index contributed by atoms with van der Waals surface area (Å²) in [6.07, 6.45) is 6.62. The number of rotatable bonds is 6. The minimum absolute atomic E-state index is 0.0855. The molecule has 0 radical (unpaired) electrons. The average Bonchev–Trinajstić information content (AvgIpc) is 3.10. The number of benzene rings is 1. The third kappa shape index (κ3) is 3.63. The van der Waals surface area contributed by atoms with Crippen molar-refractivity contribution in [3.05, 3.63) is 17.7 Å². The van der Waals surface area contributed by atoms with Gasteiger partial charge in [0.05, 0.1) is 27.4 Å². The lowest BCUT2D eigenvalue weighted by molar-refractivity contribution is -0.241. The highest BCUT2D eigenvalue weighted by atomic mass is 16.8. The molecule has 6 heteroatoms. The Hall–Kier alpha value is -1.50. The summed E-state index contributed by atoms with van der Waals surface area (Å²) in [5.74, 6) is 1.19. The molecule has 1 heterocycles. The van der Waals surface area contributed by atoms with E-state index in [1.165, 1.54) is 32.1 Å². The van der Waals surface area contributed by atoms with Gasteiger partial charge in [0.25, 0.3) is 0 Å². The zero-order valence-electron chi connectivity index (χ0n) is 16.2. The van der Waals surface area contributed by atoms with Crippen LogP contribution in [0.25, 0.3) is 0 Å². The van der Waals surface area contributed by atoms with Gasteiger partial charge in [-0.3, -0.25) is 4.84 Å². The molecule has 3 rings (SSSR count). The number of hydroxylamine groups is 1. The maximum Gasteiger partial charge on any atom is 0.203 e. The van der Waals surface area contributed by atoms with E-state index >= 15 is 0 Å². The molecule has 1 aromatic carbocycles. The molecule has 26 heavy (non-hydrogen) atoms. The predicted octanol–water partition coefficient (Wildman–Crippen LogP) is 3.58. The topological polar surface area (TPSA) is 69.2 Å². The Kier molecular flexibility index (Phi) is 5.95. The van der Waals surface area contributed by atoms with E-state index in [4.69, 9.17) is 19.0 Å². The number of methoxy groups -OCH3 is 3. The quantitative estimate of drug-likeness (QED) is 0.803. The third-order valence-corrected chi connectivity index (χ3v) is 6.03. The SMILES string of the molecule is COc1cc(C2CC(O)(C(C)C3CCCCC3)ON2)cc(OC)c1OC. The van der Waals surface area contributed by atoms with Gasteiger partial charge in [0.1, 0.15) is 0 Å². The van der Waals surface area contributed by atoms with E-state index in [1.54, 1.807) is 21.3 Å². The zero-order chi connectivity index (χ0) is 18.7. The molecule has 3 unspecified atom stereocenters. The maximum atomic E-state index is 11.1. The van der Waals surface area contributed by atoms with Crippen LogP contribution in [0.4, 0.5) is 0 Å². The molecule has 0 spiro atoms. The van der Waals surface area contributed by atoms with Crippen LogP contribution in [0.3, 0.4) is 0 Å². The number of hydrogen-bond donors (Lipinski definition) is 2. The van der Waals surface area contributed by atoms with Crippen molar-refractivity contribution in [2.24, 2.45) is 11.8 Å². The van der Waals surface area contributed by atoms with Gasteiger partial charge in [0.2, 0.25) is 5.75 Å². The number of aliphatic hydroxyl groups is 1. The van der Waals surface area contributed by atoms with Crippen LogP contribution >= 0.6 is 0 Å². The molecule has 1 aliphatic carbocycles. The van der Waals surface area contributed by atoms with E-state index in [2.05, 4.69) is 12.4 Å². The summed E-state index contributed by atoms with van der Waals surface area (Å²) in [5.41, 5.74) is 3.96. The first kappa shape index (κ1) is 19.3. The largest absolute Gasteiger partial charge is 0.493 e. The molecular weight excluding hydrogens is 334 g/mol. The van der Waals surface area contributed by atoms with Gasteiger partial charge in [-0.1, -0.05) is 26.2 Å². The van der Waals surface area contributed by atoms with Crippen LogP contribution in [0.5, 0.6) is 17.2 Å². The maximum absolute atomic E-state index is 11.1. The minimum Gasteiger partial charge on any atom is -0.493 e. The normalized spacial score (nSPS) is 28.0. The molecule has 1 aliphatic heterocycles. The molecule has 2 aliphatic rings. The number of ether oxygens (including phenoxy) is 3. The Balaban J connectivity index is 1.79. The van der Waals surface area contributed by atoms with Gasteiger partial charge in [-0.25, -0.2) is 0 Å². The fourth-order valence-electron chi connectivity index (χ4n) is 4.32. The molecule has 6 nitrogen and oxygen atoms in total. The van der Waals surface area contributed by atoms with Gasteiger partial charge >= 0.3 is 0 Å². The van der Waals surface area contributed by atoms with Crippen LogP contribution in [-0.2, 0) is 4.84 Å². The second-order valence-corrected chi connectivity index (χ2v) is 7.47. The van der Waals surface area contributed by atoms with Crippen LogP contribution in [0, 0.1) is 11.8 Å². The standard InChI is InChI=1S/C20H31NO5/c1-13(14-8-6-5-7-9-14)20(22)12-16(21-26-20)15-10-17(23-2)19(25-4)18(11-15)24-3/h10-11,13-14,16,21-22H,5-9,12H2,1-4H3. The monoisotopic (exact) mass is 365 g/mol. The van der Waals surface area contributed by atoms with Gasteiger partial charge in [-0.15, -0.1) is 0 Å². The predicted molar refractivity (Wildman–Crippen MR) is 98.4 cm³/mol. The van der Waals surface area contributed by atoms with Gasteiger partial charge in [0.15, 0.2) is 17.3 Å². The van der Waals surface area contributed by atoms with Gasteiger partial charge in [-0.05, 0) is 36.5 Å². The summed E-state index contributed by atoms with van der Waals surface area (Å²) in [7, 11) is 4.78. The highest BCUT2D eigenvalue weighted by Crippen LogP contribution is 2.46. The van der Waals surface area contributed by atoms with Crippen molar-refractivity contribution < 1.29 is 24.2 Å². The van der Waals surface area contributed by atoms with Crippen LogP contribution in [-0.4, -0.2) is 32.2 Å². The van der Waals surface area contributed by atoms with E-state index in [1.807, 2.05) is 12.1 Å². The molecular formula is C20H31NO5. The van der Waals surface area contributed by atoms with Crippen LogP contribution in [0.1, 0.15) is 57.1 Å². The molecule has 0 aromatic heterocycles. The molecule has 0 amide bonds. The van der Waals surface area contributed by atoms with Crippen LogP contribution < -0.4 is 19.7 Å². The van der Waals surface area contributed by atoms with Gasteiger partial charge in [-0.2, -0.15) is 5.48 Å². The van der Waals surface area contributed by atoms with Gasteiger partial charge < -0.3 is 19.3 Å². The zero-order valence-corrected chi connectivity index (χ0v) is 16.2. The van der Waals surface area contributed by atoms with Crippen LogP contribution in [0.2, 0.25) is 0 Å². The van der Waals surface area contributed by atoms with Gasteiger partial charge in [0, 0.05) is 12.3 Å². The Bertz CT molecular complexity index is 591. The van der Waals surface area contributed by atoms with Crippen molar-refractivity contribution in [1.82, 2.24) is 5.48 Å². The Morgan fingerprint density at radius 2 is 1.69 bits per heavy atom. The lowest BCUT2D eigenvalue weighted by atomic mass is 9.75. The van der Waals surface area contributed by atoms with Crippen molar-refractivity contribution in [1.29, 1.82) is 0 Å². The van der Waals surface area contributed by atoms with E-state index in [-0.39, 0.29) is 12.0 Å². The fraction of sp³-hybridized carbons (Fsp3) is 0.700. The fourth-order valence-corrected chi connectivity index (χ4v) is 4.32. The average molecular weight is 365 g/mol. The van der Waals surface area contributed by atoms with Crippen LogP contribution in [0.15, 0.2) is 12.1 Å². The van der Waals surface area contributed by atoms with E-state index in [9.17, 15) is 5.11 Å². The first-order valence-electron chi connectivity index (χ1n) is 9.48. The summed E-state index contributed by atoms with van der Waals surface area (Å²) in [6.45, 7) is 2.11. The van der Waals surface area contributed by atoms with Crippen molar-refractivity contribution >= 4 is 0 Å². The van der Waals surface area contributed by atoms with Crippen molar-refractivity contribution in [3.8, 4) is 17.2 Å². The molecule has 0 bridgehead atoms. The third-order valence-electron chi connectivity index (χ3n) is 6.03. The molecule has 1 saturated carbocycles. The lowest BCUT2D eigenvalue weighted by Crippen LogP contribution is -2.41. The van der Waals surface area contributed by atoms with E-state index < -0.39 is 5.79 Å². The first-order valence-corrected chi connectivity index (χ1v) is 9.48. The lowest BCUT2D eigenvalue weighted by Gasteiger charge is -2.36. The molecule has 1 aromatic rings. The summed E-state index contributed by atoms with van der Waals surface area (Å²) >= 11 is 0.